The van der Waals surface area contributed by atoms with Gasteiger partial charge in [-0.05, 0) is 30.7 Å². The predicted molar refractivity (Wildman–Crippen MR) is 99.4 cm³/mol. The molecular weight excluding hydrogens is 331 g/mol. The summed E-state index contributed by atoms with van der Waals surface area (Å²) in [6.45, 7) is 3.57. The molecule has 0 aliphatic carbocycles. The number of nitrogens with one attached hydrogen (secondary N) is 2. The Labute approximate surface area is 151 Å². The summed E-state index contributed by atoms with van der Waals surface area (Å²) in [6.07, 6.45) is 7.01. The highest BCUT2D eigenvalue weighted by Gasteiger charge is 2.03. The van der Waals surface area contributed by atoms with E-state index >= 15 is 0 Å². The first-order valence-corrected chi connectivity index (χ1v) is 8.45. The molecule has 0 bridgehead atoms. The van der Waals surface area contributed by atoms with E-state index in [4.69, 9.17) is 0 Å². The number of aliphatic imine (C=N–C) groups is 1. The van der Waals surface area contributed by atoms with Crippen molar-refractivity contribution in [1.29, 1.82) is 0 Å². The number of aromatic nitrogens is 3. The summed E-state index contributed by atoms with van der Waals surface area (Å²) in [5.41, 5.74) is 1.62. The van der Waals surface area contributed by atoms with Crippen LogP contribution in [-0.4, -0.2) is 27.0 Å². The first kappa shape index (κ1) is 17.6. The molecule has 2 N–H and O–H groups in total. The molecular formula is C19H21FN6. The van der Waals surface area contributed by atoms with Crippen molar-refractivity contribution in [1.82, 2.24) is 25.2 Å². The molecule has 3 aromatic rings. The Morgan fingerprint density at radius 2 is 2.08 bits per heavy atom. The normalized spacial score (nSPS) is 11.4. The molecule has 0 aliphatic heterocycles. The van der Waals surface area contributed by atoms with Gasteiger partial charge in [0.05, 0.1) is 6.54 Å². The summed E-state index contributed by atoms with van der Waals surface area (Å²) in [5.74, 6) is 1.20. The van der Waals surface area contributed by atoms with E-state index in [2.05, 4.69) is 25.6 Å². The molecule has 0 aliphatic rings. The molecule has 0 fully saturated rings. The van der Waals surface area contributed by atoms with Crippen LogP contribution in [0.1, 0.15) is 18.1 Å². The lowest BCUT2D eigenvalue weighted by molar-refractivity contribution is 0.604. The van der Waals surface area contributed by atoms with E-state index in [-0.39, 0.29) is 5.82 Å². The summed E-state index contributed by atoms with van der Waals surface area (Å²) in [5, 5.41) is 6.33. The van der Waals surface area contributed by atoms with Crippen LogP contribution in [0.25, 0.3) is 5.82 Å². The number of hydrogen-bond donors (Lipinski definition) is 2. The van der Waals surface area contributed by atoms with Crippen LogP contribution in [0.4, 0.5) is 4.39 Å². The molecule has 0 spiro atoms. The fourth-order valence-electron chi connectivity index (χ4n) is 2.43. The number of rotatable bonds is 6. The van der Waals surface area contributed by atoms with Gasteiger partial charge in [0, 0.05) is 37.2 Å². The van der Waals surface area contributed by atoms with Crippen LogP contribution in [0.3, 0.4) is 0 Å². The summed E-state index contributed by atoms with van der Waals surface area (Å²) >= 11 is 0. The van der Waals surface area contributed by atoms with Gasteiger partial charge in [0.25, 0.3) is 0 Å². The van der Waals surface area contributed by atoms with Crippen molar-refractivity contribution in [2.45, 2.75) is 20.0 Å². The maximum absolute atomic E-state index is 13.7. The SMILES string of the molecule is CCNC(=NCc1ccnc(-n2ccnc2)c1)NCc1ccccc1F. The van der Waals surface area contributed by atoms with Crippen LogP contribution in [0.2, 0.25) is 0 Å². The van der Waals surface area contributed by atoms with Gasteiger partial charge in [-0.1, -0.05) is 18.2 Å². The van der Waals surface area contributed by atoms with Crippen LogP contribution in [0.5, 0.6) is 0 Å². The monoisotopic (exact) mass is 352 g/mol. The van der Waals surface area contributed by atoms with Gasteiger partial charge >= 0.3 is 0 Å². The lowest BCUT2D eigenvalue weighted by Crippen LogP contribution is -2.37. The van der Waals surface area contributed by atoms with Gasteiger partial charge in [-0.25, -0.2) is 19.4 Å². The van der Waals surface area contributed by atoms with Crippen LogP contribution in [0, 0.1) is 5.82 Å². The zero-order valence-electron chi connectivity index (χ0n) is 14.6. The standard InChI is InChI=1S/C19H21FN6/c1-2-22-19(25-13-16-5-3-4-6-17(16)20)24-12-15-7-8-23-18(11-15)26-10-9-21-14-26/h3-11,14H,2,12-13H2,1H3,(H2,22,24,25). The van der Waals surface area contributed by atoms with E-state index in [9.17, 15) is 4.39 Å². The molecule has 2 aromatic heterocycles. The van der Waals surface area contributed by atoms with Crippen LogP contribution in [-0.2, 0) is 13.1 Å². The topological polar surface area (TPSA) is 67.1 Å². The minimum Gasteiger partial charge on any atom is -0.357 e. The Hall–Kier alpha value is -3.22. The minimum atomic E-state index is -0.227. The fraction of sp³-hybridized carbons (Fsp3) is 0.211. The highest BCUT2D eigenvalue weighted by Crippen LogP contribution is 2.08. The number of hydrogen-bond acceptors (Lipinski definition) is 3. The second-order valence-corrected chi connectivity index (χ2v) is 5.63. The summed E-state index contributed by atoms with van der Waals surface area (Å²) < 4.78 is 15.6. The van der Waals surface area contributed by atoms with Crippen molar-refractivity contribution in [3.63, 3.8) is 0 Å². The second-order valence-electron chi connectivity index (χ2n) is 5.63. The molecule has 0 saturated heterocycles. The highest BCUT2D eigenvalue weighted by atomic mass is 19.1. The largest absolute Gasteiger partial charge is 0.357 e. The maximum atomic E-state index is 13.7. The van der Waals surface area contributed by atoms with Crippen molar-refractivity contribution >= 4 is 5.96 Å². The van der Waals surface area contributed by atoms with Crippen LogP contribution < -0.4 is 10.6 Å². The third-order valence-corrected chi connectivity index (χ3v) is 3.75. The van der Waals surface area contributed by atoms with Gasteiger partial charge in [0.1, 0.15) is 18.0 Å². The van der Waals surface area contributed by atoms with E-state index in [1.165, 1.54) is 6.07 Å². The summed E-state index contributed by atoms with van der Waals surface area (Å²) in [6, 6.07) is 10.6. The molecule has 3 rings (SSSR count). The minimum absolute atomic E-state index is 0.227. The number of pyridine rings is 1. The Kier molecular flexibility index (Phi) is 5.92. The number of imidazole rings is 1. The number of nitrogens with zero attached hydrogens (tertiary/aromatic N) is 4. The Morgan fingerprint density at radius 1 is 1.19 bits per heavy atom. The number of benzene rings is 1. The molecule has 0 saturated carbocycles. The average molecular weight is 352 g/mol. The van der Waals surface area contributed by atoms with Gasteiger partial charge in [0.2, 0.25) is 0 Å². The first-order valence-electron chi connectivity index (χ1n) is 8.45. The third-order valence-electron chi connectivity index (χ3n) is 3.75. The van der Waals surface area contributed by atoms with Crippen molar-refractivity contribution in [2.24, 2.45) is 4.99 Å². The second kappa shape index (κ2) is 8.75. The molecule has 134 valence electrons. The molecule has 0 amide bonds. The lowest BCUT2D eigenvalue weighted by atomic mass is 10.2. The van der Waals surface area contributed by atoms with E-state index in [0.717, 1.165) is 17.9 Å². The van der Waals surface area contributed by atoms with E-state index in [1.54, 1.807) is 30.9 Å². The molecule has 7 heteroatoms. The van der Waals surface area contributed by atoms with Crippen molar-refractivity contribution in [3.8, 4) is 5.82 Å². The van der Waals surface area contributed by atoms with Gasteiger partial charge in [-0.15, -0.1) is 0 Å². The predicted octanol–water partition coefficient (Wildman–Crippen LogP) is 2.66. The highest BCUT2D eigenvalue weighted by molar-refractivity contribution is 5.79. The molecule has 0 radical (unpaired) electrons. The van der Waals surface area contributed by atoms with Gasteiger partial charge < -0.3 is 10.6 Å². The molecule has 2 heterocycles. The van der Waals surface area contributed by atoms with Crippen LogP contribution >= 0.6 is 0 Å². The summed E-state index contributed by atoms with van der Waals surface area (Å²) in [7, 11) is 0. The Morgan fingerprint density at radius 3 is 2.85 bits per heavy atom. The number of halogens is 1. The lowest BCUT2D eigenvalue weighted by Gasteiger charge is -2.12. The molecule has 6 nitrogen and oxygen atoms in total. The van der Waals surface area contributed by atoms with Gasteiger partial charge in [0.15, 0.2) is 5.96 Å². The molecule has 1 aromatic carbocycles. The Bertz CT molecular complexity index is 860. The van der Waals surface area contributed by atoms with Crippen molar-refractivity contribution in [2.75, 3.05) is 6.54 Å². The Balaban J connectivity index is 1.67. The van der Waals surface area contributed by atoms with E-state index in [1.807, 2.05) is 35.9 Å². The smallest absolute Gasteiger partial charge is 0.191 e. The molecule has 0 unspecified atom stereocenters. The zero-order valence-corrected chi connectivity index (χ0v) is 14.6. The van der Waals surface area contributed by atoms with Gasteiger partial charge in [-0.3, -0.25) is 4.57 Å². The average Bonchev–Trinajstić information content (AvgIpc) is 3.20. The molecule has 0 atom stereocenters. The fourth-order valence-corrected chi connectivity index (χ4v) is 2.43. The zero-order chi connectivity index (χ0) is 18.2. The third kappa shape index (κ3) is 4.66. The maximum Gasteiger partial charge on any atom is 0.191 e. The molecule has 26 heavy (non-hydrogen) atoms. The summed E-state index contributed by atoms with van der Waals surface area (Å²) in [4.78, 5) is 12.9. The quantitative estimate of drug-likeness (QED) is 0.529. The first-order chi connectivity index (χ1) is 12.8. The van der Waals surface area contributed by atoms with Gasteiger partial charge in [-0.2, -0.15) is 0 Å². The number of guanidine groups is 1. The van der Waals surface area contributed by atoms with Crippen LogP contribution in [0.15, 0.2) is 66.3 Å². The van der Waals surface area contributed by atoms with E-state index in [0.29, 0.717) is 24.6 Å². The van der Waals surface area contributed by atoms with Crippen molar-refractivity contribution < 1.29 is 4.39 Å². The van der Waals surface area contributed by atoms with E-state index < -0.39 is 0 Å². The van der Waals surface area contributed by atoms with Crippen molar-refractivity contribution in [3.05, 3.63) is 78.3 Å².